The van der Waals surface area contributed by atoms with Crippen LogP contribution in [0.1, 0.15) is 38.3 Å². The number of amides is 2. The van der Waals surface area contributed by atoms with Crippen LogP contribution in [-0.2, 0) is 19.1 Å². The highest BCUT2D eigenvalue weighted by molar-refractivity contribution is 6.24. The van der Waals surface area contributed by atoms with Crippen molar-refractivity contribution in [2.75, 3.05) is 30.5 Å². The number of hydrogen-bond acceptors (Lipinski definition) is 6. The molecule has 2 aliphatic rings. The first-order valence-electron chi connectivity index (χ1n) is 11.5. The predicted molar refractivity (Wildman–Crippen MR) is 127 cm³/mol. The third kappa shape index (κ3) is 3.70. The SMILES string of the molecule is CCC[C@]1(C(=O)OCC)N[C@H](c2ccc(N(C)C)cc2)[C@H]2C(=O)N(c3ccccc3)C(=O)[C@H]21. The Hall–Kier alpha value is -3.19. The number of fused-ring (bicyclic) bond motifs is 1. The quantitative estimate of drug-likeness (QED) is 0.516. The van der Waals surface area contributed by atoms with Gasteiger partial charge in [0.1, 0.15) is 5.54 Å². The summed E-state index contributed by atoms with van der Waals surface area (Å²) in [6.45, 7) is 3.92. The van der Waals surface area contributed by atoms with Crippen LogP contribution in [0.2, 0.25) is 0 Å². The van der Waals surface area contributed by atoms with Crippen LogP contribution < -0.4 is 15.1 Å². The second-order valence-electron chi connectivity index (χ2n) is 8.90. The van der Waals surface area contributed by atoms with Crippen molar-refractivity contribution in [3.05, 3.63) is 60.2 Å². The Bertz CT molecular complexity index is 1040. The zero-order valence-electron chi connectivity index (χ0n) is 19.6. The van der Waals surface area contributed by atoms with Crippen LogP contribution in [0.3, 0.4) is 0 Å². The fourth-order valence-corrected chi connectivity index (χ4v) is 5.27. The molecule has 0 spiro atoms. The van der Waals surface area contributed by atoms with E-state index in [-0.39, 0.29) is 18.4 Å². The first kappa shape index (κ1) is 23.0. The summed E-state index contributed by atoms with van der Waals surface area (Å²) < 4.78 is 5.46. The number of nitrogens with zero attached hydrogens (tertiary/aromatic N) is 2. The molecule has 174 valence electrons. The van der Waals surface area contributed by atoms with E-state index >= 15 is 0 Å². The summed E-state index contributed by atoms with van der Waals surface area (Å²) in [7, 11) is 3.92. The number of ether oxygens (including phenoxy) is 1. The number of hydrogen-bond donors (Lipinski definition) is 1. The van der Waals surface area contributed by atoms with Gasteiger partial charge in [-0.15, -0.1) is 0 Å². The number of esters is 1. The van der Waals surface area contributed by atoms with Gasteiger partial charge in [-0.2, -0.15) is 0 Å². The fourth-order valence-electron chi connectivity index (χ4n) is 5.27. The summed E-state index contributed by atoms with van der Waals surface area (Å²) >= 11 is 0. The van der Waals surface area contributed by atoms with Gasteiger partial charge in [-0.3, -0.25) is 19.7 Å². The Morgan fingerprint density at radius 1 is 1.03 bits per heavy atom. The van der Waals surface area contributed by atoms with E-state index in [1.54, 1.807) is 31.2 Å². The number of nitrogens with one attached hydrogen (secondary N) is 1. The lowest BCUT2D eigenvalue weighted by Crippen LogP contribution is -2.56. The summed E-state index contributed by atoms with van der Waals surface area (Å²) in [5, 5.41) is 3.43. The predicted octanol–water partition coefficient (Wildman–Crippen LogP) is 3.30. The summed E-state index contributed by atoms with van der Waals surface area (Å²) in [5.41, 5.74) is 1.17. The van der Waals surface area contributed by atoms with E-state index in [4.69, 9.17) is 4.74 Å². The van der Waals surface area contributed by atoms with Crippen LogP contribution in [0.15, 0.2) is 54.6 Å². The molecule has 2 heterocycles. The summed E-state index contributed by atoms with van der Waals surface area (Å²) in [6.07, 6.45) is 1.06. The molecular weight excluding hydrogens is 418 g/mol. The van der Waals surface area contributed by atoms with E-state index in [0.717, 1.165) is 11.3 Å². The second kappa shape index (κ2) is 8.98. The molecule has 2 amide bonds. The van der Waals surface area contributed by atoms with Crippen molar-refractivity contribution in [1.29, 1.82) is 0 Å². The number of rotatable bonds is 7. The topological polar surface area (TPSA) is 79.0 Å². The van der Waals surface area contributed by atoms with Gasteiger partial charge in [-0.1, -0.05) is 43.7 Å². The normalized spacial score (nSPS) is 26.4. The fraction of sp³-hybridized carbons (Fsp3) is 0.423. The molecule has 0 unspecified atom stereocenters. The molecule has 33 heavy (non-hydrogen) atoms. The minimum Gasteiger partial charge on any atom is -0.465 e. The van der Waals surface area contributed by atoms with Crippen molar-refractivity contribution in [1.82, 2.24) is 5.32 Å². The van der Waals surface area contributed by atoms with E-state index in [1.165, 1.54) is 4.90 Å². The lowest BCUT2D eigenvalue weighted by molar-refractivity contribution is -0.155. The maximum atomic E-state index is 13.8. The summed E-state index contributed by atoms with van der Waals surface area (Å²) in [5.74, 6) is -2.63. The zero-order chi connectivity index (χ0) is 23.8. The van der Waals surface area contributed by atoms with Crippen molar-refractivity contribution in [2.24, 2.45) is 11.8 Å². The Morgan fingerprint density at radius 3 is 2.27 bits per heavy atom. The van der Waals surface area contributed by atoms with Gasteiger partial charge < -0.3 is 9.64 Å². The van der Waals surface area contributed by atoms with Crippen LogP contribution in [-0.4, -0.2) is 44.0 Å². The molecule has 2 aliphatic heterocycles. The molecule has 0 aliphatic carbocycles. The first-order chi connectivity index (χ1) is 15.9. The largest absolute Gasteiger partial charge is 0.465 e. The highest BCUT2D eigenvalue weighted by Crippen LogP contribution is 2.51. The molecule has 7 heteroatoms. The number of benzene rings is 2. The molecule has 0 radical (unpaired) electrons. The van der Waals surface area contributed by atoms with Gasteiger partial charge in [0.2, 0.25) is 11.8 Å². The molecule has 2 aromatic carbocycles. The standard InChI is InChI=1S/C26H31N3O4/c1-5-16-26(25(32)33-6-2)21-20(22(27-26)17-12-14-18(15-13-17)28(3)4)23(30)29(24(21)31)19-10-8-7-9-11-19/h7-15,20-22,27H,5-6,16H2,1-4H3/t20-,21-,22+,26-/m0/s1. The summed E-state index contributed by atoms with van der Waals surface area (Å²) in [4.78, 5) is 44.1. The Labute approximate surface area is 194 Å². The van der Waals surface area contributed by atoms with Gasteiger partial charge in [0.25, 0.3) is 0 Å². The smallest absolute Gasteiger partial charge is 0.327 e. The lowest BCUT2D eigenvalue weighted by Gasteiger charge is -2.32. The van der Waals surface area contributed by atoms with E-state index in [2.05, 4.69) is 5.32 Å². The highest BCUT2D eigenvalue weighted by Gasteiger charge is 2.68. The minimum absolute atomic E-state index is 0.204. The average molecular weight is 450 g/mol. The second-order valence-corrected chi connectivity index (χ2v) is 8.90. The maximum absolute atomic E-state index is 13.8. The Kier molecular flexibility index (Phi) is 6.26. The van der Waals surface area contributed by atoms with E-state index in [0.29, 0.717) is 18.5 Å². The molecule has 0 bridgehead atoms. The molecule has 0 saturated carbocycles. The molecule has 7 nitrogen and oxygen atoms in total. The van der Waals surface area contributed by atoms with Crippen molar-refractivity contribution in [3.63, 3.8) is 0 Å². The molecule has 4 atom stereocenters. The van der Waals surface area contributed by atoms with Crippen molar-refractivity contribution < 1.29 is 19.1 Å². The Balaban J connectivity index is 1.83. The molecule has 1 N–H and O–H groups in total. The Morgan fingerprint density at radius 2 is 1.70 bits per heavy atom. The molecule has 2 fully saturated rings. The van der Waals surface area contributed by atoms with Crippen molar-refractivity contribution in [3.8, 4) is 0 Å². The van der Waals surface area contributed by atoms with Gasteiger partial charge >= 0.3 is 5.97 Å². The van der Waals surface area contributed by atoms with Gasteiger partial charge in [-0.05, 0) is 43.2 Å². The van der Waals surface area contributed by atoms with E-state index < -0.39 is 29.4 Å². The minimum atomic E-state index is -1.25. The van der Waals surface area contributed by atoms with Gasteiger partial charge in [-0.25, -0.2) is 4.90 Å². The number of para-hydroxylation sites is 1. The number of carbonyl (C=O) groups is 3. The van der Waals surface area contributed by atoms with Crippen LogP contribution >= 0.6 is 0 Å². The number of imide groups is 1. The van der Waals surface area contributed by atoms with E-state index in [1.807, 2.05) is 56.3 Å². The van der Waals surface area contributed by atoms with Crippen molar-refractivity contribution >= 4 is 29.2 Å². The zero-order valence-corrected chi connectivity index (χ0v) is 19.6. The van der Waals surface area contributed by atoms with Gasteiger partial charge in [0.15, 0.2) is 0 Å². The lowest BCUT2D eigenvalue weighted by atomic mass is 9.77. The third-order valence-corrected chi connectivity index (χ3v) is 6.72. The molecular formula is C26H31N3O4. The number of anilines is 2. The summed E-state index contributed by atoms with van der Waals surface area (Å²) in [6, 6.07) is 16.3. The van der Waals surface area contributed by atoms with Gasteiger partial charge in [0, 0.05) is 25.8 Å². The van der Waals surface area contributed by atoms with Gasteiger partial charge in [0.05, 0.1) is 24.1 Å². The van der Waals surface area contributed by atoms with E-state index in [9.17, 15) is 14.4 Å². The third-order valence-electron chi connectivity index (χ3n) is 6.72. The van der Waals surface area contributed by atoms with Crippen LogP contribution in [0.5, 0.6) is 0 Å². The average Bonchev–Trinajstić information content (AvgIpc) is 3.29. The monoisotopic (exact) mass is 449 g/mol. The number of carbonyl (C=O) groups excluding carboxylic acids is 3. The molecule has 2 saturated heterocycles. The van der Waals surface area contributed by atoms with Crippen LogP contribution in [0.25, 0.3) is 0 Å². The van der Waals surface area contributed by atoms with Crippen molar-refractivity contribution in [2.45, 2.75) is 38.3 Å². The highest BCUT2D eigenvalue weighted by atomic mass is 16.5. The molecule has 4 rings (SSSR count). The van der Waals surface area contributed by atoms with Crippen LogP contribution in [0, 0.1) is 11.8 Å². The van der Waals surface area contributed by atoms with Crippen LogP contribution in [0.4, 0.5) is 11.4 Å². The first-order valence-corrected chi connectivity index (χ1v) is 11.5. The molecule has 2 aromatic rings. The molecule has 0 aromatic heterocycles. The maximum Gasteiger partial charge on any atom is 0.327 e.